The highest BCUT2D eigenvalue weighted by Crippen LogP contribution is 2.31. The van der Waals surface area contributed by atoms with Crippen LogP contribution in [0.4, 0.5) is 24.8 Å². The maximum Gasteiger partial charge on any atom is 0.416 e. The maximum atomic E-state index is 13.3. The van der Waals surface area contributed by atoms with E-state index in [-0.39, 0.29) is 24.7 Å². The molecule has 10 heteroatoms. The van der Waals surface area contributed by atoms with Crippen molar-refractivity contribution in [2.75, 3.05) is 5.32 Å². The van der Waals surface area contributed by atoms with E-state index < -0.39 is 23.1 Å². The van der Waals surface area contributed by atoms with Crippen molar-refractivity contribution in [3.05, 3.63) is 122 Å². The Bertz CT molecular complexity index is 1420. The van der Waals surface area contributed by atoms with Gasteiger partial charge in [-0.15, -0.1) is 0 Å². The molecule has 0 aliphatic heterocycles. The zero-order valence-electron chi connectivity index (χ0n) is 17.6. The Morgan fingerprint density at radius 2 is 1.47 bits per heavy atom. The zero-order chi connectivity index (χ0) is 24.3. The third-order valence-electron chi connectivity index (χ3n) is 5.03. The average Bonchev–Trinajstić information content (AvgIpc) is 2.81. The molecule has 0 saturated carbocycles. The summed E-state index contributed by atoms with van der Waals surface area (Å²) in [6.07, 6.45) is -4.55. The number of nitrogens with one attached hydrogen (secondary N) is 1. The lowest BCUT2D eigenvalue weighted by Gasteiger charge is -2.16. The van der Waals surface area contributed by atoms with Gasteiger partial charge in [-0.25, -0.2) is 14.2 Å². The first-order valence-corrected chi connectivity index (χ1v) is 10.5. The van der Waals surface area contributed by atoms with Gasteiger partial charge in [-0.3, -0.25) is 4.57 Å². The van der Waals surface area contributed by atoms with Crippen LogP contribution in [0.2, 0.25) is 5.02 Å². The topological polar surface area (TPSA) is 68.9 Å². The van der Waals surface area contributed by atoms with E-state index in [1.165, 1.54) is 16.7 Å². The van der Waals surface area contributed by atoms with Crippen molar-refractivity contribution >= 4 is 23.2 Å². The van der Waals surface area contributed by atoms with E-state index in [0.29, 0.717) is 10.6 Å². The van der Waals surface area contributed by atoms with E-state index in [2.05, 4.69) is 10.3 Å². The molecule has 3 aromatic carbocycles. The number of anilines is 2. The molecule has 1 aromatic heterocycles. The molecule has 0 aliphatic carbocycles. The molecule has 0 atom stereocenters. The lowest BCUT2D eigenvalue weighted by Crippen LogP contribution is -2.43. The standard InChI is InChI=1S/C24H18ClF3N4O2/c25-19-11-9-17(10-12-19)14-31-21(29-20-8-4-7-18(13-20)24(26,27)28)30-22(33)32(23(31)34)15-16-5-2-1-3-6-16/h1-13H,14-15H2,(H,29,30,33). The minimum absolute atomic E-state index is 0.00400. The van der Waals surface area contributed by atoms with E-state index in [0.717, 1.165) is 22.3 Å². The average molecular weight is 487 g/mol. The monoisotopic (exact) mass is 486 g/mol. The van der Waals surface area contributed by atoms with Gasteiger partial charge in [-0.05, 0) is 41.5 Å². The van der Waals surface area contributed by atoms with Crippen molar-refractivity contribution in [3.63, 3.8) is 0 Å². The molecule has 34 heavy (non-hydrogen) atoms. The molecule has 174 valence electrons. The molecule has 0 spiro atoms. The fraction of sp³-hybridized carbons (Fsp3) is 0.125. The highest BCUT2D eigenvalue weighted by molar-refractivity contribution is 6.30. The Balaban J connectivity index is 1.79. The van der Waals surface area contributed by atoms with Crippen LogP contribution >= 0.6 is 11.6 Å². The Labute approximate surface area is 196 Å². The number of rotatable bonds is 6. The molecule has 0 fully saturated rings. The van der Waals surface area contributed by atoms with Crippen molar-refractivity contribution in [1.29, 1.82) is 0 Å². The van der Waals surface area contributed by atoms with Crippen LogP contribution in [0.1, 0.15) is 16.7 Å². The van der Waals surface area contributed by atoms with E-state index in [1.54, 1.807) is 48.5 Å². The number of aromatic nitrogens is 3. The molecule has 0 aliphatic rings. The fourth-order valence-corrected chi connectivity index (χ4v) is 3.47. The van der Waals surface area contributed by atoms with E-state index in [1.807, 2.05) is 6.07 Å². The van der Waals surface area contributed by atoms with Gasteiger partial charge in [-0.1, -0.05) is 60.1 Å². The number of benzene rings is 3. The quantitative estimate of drug-likeness (QED) is 0.420. The SMILES string of the molecule is O=c1nc(Nc2cccc(C(F)(F)F)c2)n(Cc2ccc(Cl)cc2)c(=O)n1Cc1ccccc1. The van der Waals surface area contributed by atoms with Crippen LogP contribution < -0.4 is 16.7 Å². The summed E-state index contributed by atoms with van der Waals surface area (Å²) in [4.78, 5) is 30.1. The summed E-state index contributed by atoms with van der Waals surface area (Å²) >= 11 is 5.94. The Kier molecular flexibility index (Phi) is 6.56. The predicted molar refractivity (Wildman–Crippen MR) is 124 cm³/mol. The molecule has 6 nitrogen and oxygen atoms in total. The first kappa shape index (κ1) is 23.3. The Morgan fingerprint density at radius 1 is 0.824 bits per heavy atom. The summed E-state index contributed by atoms with van der Waals surface area (Å²) in [5.74, 6) is -0.173. The van der Waals surface area contributed by atoms with Crippen LogP contribution in [0.5, 0.6) is 0 Å². The second-order valence-corrected chi connectivity index (χ2v) is 7.92. The van der Waals surface area contributed by atoms with Crippen molar-refractivity contribution in [2.45, 2.75) is 19.3 Å². The van der Waals surface area contributed by atoms with Crippen LogP contribution in [0.15, 0.2) is 88.5 Å². The first-order valence-electron chi connectivity index (χ1n) is 10.1. The van der Waals surface area contributed by atoms with Crippen LogP contribution in [-0.4, -0.2) is 14.1 Å². The molecule has 0 amide bonds. The minimum Gasteiger partial charge on any atom is -0.325 e. The largest absolute Gasteiger partial charge is 0.416 e. The second-order valence-electron chi connectivity index (χ2n) is 7.49. The third kappa shape index (κ3) is 5.37. The van der Waals surface area contributed by atoms with Gasteiger partial charge in [0, 0.05) is 10.7 Å². The predicted octanol–water partition coefficient (Wildman–Crippen LogP) is 4.92. The molecular formula is C24H18ClF3N4O2. The summed E-state index contributed by atoms with van der Waals surface area (Å²) < 4.78 is 41.6. The molecule has 1 N–H and O–H groups in total. The zero-order valence-corrected chi connectivity index (χ0v) is 18.3. The summed E-state index contributed by atoms with van der Waals surface area (Å²) in [5, 5.41) is 3.21. The Morgan fingerprint density at radius 3 is 2.15 bits per heavy atom. The molecule has 0 radical (unpaired) electrons. The van der Waals surface area contributed by atoms with Gasteiger partial charge in [0.1, 0.15) is 0 Å². The fourth-order valence-electron chi connectivity index (χ4n) is 3.34. The van der Waals surface area contributed by atoms with Gasteiger partial charge in [-0.2, -0.15) is 18.2 Å². The van der Waals surface area contributed by atoms with Crippen LogP contribution in [-0.2, 0) is 19.3 Å². The summed E-state index contributed by atoms with van der Waals surface area (Å²) in [6.45, 7) is 0.00926. The molecule has 0 unspecified atom stereocenters. The third-order valence-corrected chi connectivity index (χ3v) is 5.29. The number of hydrogen-bond donors (Lipinski definition) is 1. The van der Waals surface area contributed by atoms with Crippen molar-refractivity contribution in [2.24, 2.45) is 0 Å². The van der Waals surface area contributed by atoms with Gasteiger partial charge in [0.05, 0.1) is 18.7 Å². The first-order chi connectivity index (χ1) is 16.2. The van der Waals surface area contributed by atoms with Gasteiger partial charge in [0.15, 0.2) is 0 Å². The summed E-state index contributed by atoms with van der Waals surface area (Å²) in [7, 11) is 0. The van der Waals surface area contributed by atoms with E-state index in [9.17, 15) is 22.8 Å². The van der Waals surface area contributed by atoms with Crippen LogP contribution in [0, 0.1) is 0 Å². The normalized spacial score (nSPS) is 11.4. The van der Waals surface area contributed by atoms with Crippen molar-refractivity contribution in [3.8, 4) is 0 Å². The van der Waals surface area contributed by atoms with Crippen LogP contribution in [0.25, 0.3) is 0 Å². The number of halogens is 4. The molecule has 4 rings (SSSR count). The minimum atomic E-state index is -4.55. The molecule has 1 heterocycles. The highest BCUT2D eigenvalue weighted by Gasteiger charge is 2.30. The summed E-state index contributed by atoms with van der Waals surface area (Å²) in [5.41, 5.74) is -0.914. The maximum absolute atomic E-state index is 13.3. The van der Waals surface area contributed by atoms with Gasteiger partial charge < -0.3 is 5.32 Å². The number of nitrogens with zero attached hydrogens (tertiary/aromatic N) is 3. The molecule has 0 saturated heterocycles. The lowest BCUT2D eigenvalue weighted by atomic mass is 10.2. The molecule has 4 aromatic rings. The smallest absolute Gasteiger partial charge is 0.325 e. The molecular weight excluding hydrogens is 469 g/mol. The Hall–Kier alpha value is -3.85. The number of alkyl halides is 3. The van der Waals surface area contributed by atoms with Crippen molar-refractivity contribution in [1.82, 2.24) is 14.1 Å². The van der Waals surface area contributed by atoms with Crippen LogP contribution in [0.3, 0.4) is 0 Å². The highest BCUT2D eigenvalue weighted by atomic mass is 35.5. The number of hydrogen-bond acceptors (Lipinski definition) is 4. The van der Waals surface area contributed by atoms with Gasteiger partial charge in [0.2, 0.25) is 5.95 Å². The van der Waals surface area contributed by atoms with Gasteiger partial charge >= 0.3 is 17.6 Å². The van der Waals surface area contributed by atoms with Crippen molar-refractivity contribution < 1.29 is 13.2 Å². The molecule has 0 bridgehead atoms. The second kappa shape index (κ2) is 9.56. The summed E-state index contributed by atoms with van der Waals surface area (Å²) in [6, 6.07) is 20.0. The van der Waals surface area contributed by atoms with E-state index >= 15 is 0 Å². The van der Waals surface area contributed by atoms with E-state index in [4.69, 9.17) is 11.6 Å². The lowest BCUT2D eigenvalue weighted by molar-refractivity contribution is -0.137. The van der Waals surface area contributed by atoms with Gasteiger partial charge in [0.25, 0.3) is 0 Å².